The Morgan fingerprint density at radius 2 is 0.625 bits per heavy atom. The molecule has 0 amide bonds. The highest BCUT2D eigenvalue weighted by Crippen LogP contribution is 2.44. The van der Waals surface area contributed by atoms with Crippen LogP contribution in [0.5, 0.6) is 23.0 Å². The van der Waals surface area contributed by atoms with Crippen molar-refractivity contribution in [3.63, 3.8) is 0 Å². The average Bonchev–Trinajstić information content (AvgIpc) is 3.04. The molecule has 0 saturated carbocycles. The lowest BCUT2D eigenvalue weighted by Crippen LogP contribution is -2.17. The molecule has 0 atom stereocenters. The topological polar surface area (TPSA) is 58.9 Å². The van der Waals surface area contributed by atoms with Crippen molar-refractivity contribution in [2.45, 2.75) is 144 Å². The van der Waals surface area contributed by atoms with Crippen molar-refractivity contribution in [2.24, 2.45) is 0 Å². The number of ether oxygens (including phenoxy) is 2. The van der Waals surface area contributed by atoms with Gasteiger partial charge in [-0.15, -0.1) is 0 Å². The molecule has 8 bridgehead atoms. The van der Waals surface area contributed by atoms with E-state index in [9.17, 15) is 10.2 Å². The molecule has 4 aromatic rings. The molecule has 4 nitrogen and oxygen atoms in total. The molecular formula is C52H68O4. The van der Waals surface area contributed by atoms with Crippen LogP contribution in [0.3, 0.4) is 0 Å². The van der Waals surface area contributed by atoms with E-state index >= 15 is 0 Å². The van der Waals surface area contributed by atoms with Gasteiger partial charge in [0.05, 0.1) is 0 Å². The van der Waals surface area contributed by atoms with Crippen LogP contribution < -0.4 is 9.47 Å². The Kier molecular flexibility index (Phi) is 11.8. The van der Waals surface area contributed by atoms with Crippen molar-refractivity contribution < 1.29 is 19.7 Å². The van der Waals surface area contributed by atoms with Crippen molar-refractivity contribution in [2.75, 3.05) is 13.2 Å². The first kappa shape index (κ1) is 42.7. The molecule has 300 valence electrons. The number of rotatable bonds is 6. The van der Waals surface area contributed by atoms with Crippen molar-refractivity contribution in [3.8, 4) is 23.0 Å². The Labute approximate surface area is 338 Å². The first-order valence-electron chi connectivity index (χ1n) is 20.3. The monoisotopic (exact) mass is 757 g/mol. The van der Waals surface area contributed by atoms with E-state index in [4.69, 9.17) is 9.47 Å². The molecule has 0 aromatic heterocycles. The van der Waals surface area contributed by atoms with Gasteiger partial charge >= 0.3 is 0 Å². The number of phenolic OH excluding ortho intramolecular Hbond substituents is 2. The normalized spacial score (nSPS) is 13.7. The zero-order chi connectivity index (χ0) is 41.7. The van der Waals surface area contributed by atoms with Gasteiger partial charge in [-0.25, -0.2) is 0 Å². The van der Waals surface area contributed by atoms with Gasteiger partial charge < -0.3 is 19.7 Å². The van der Waals surface area contributed by atoms with E-state index in [0.29, 0.717) is 50.4 Å². The maximum Gasteiger partial charge on any atom is 0.126 e. The van der Waals surface area contributed by atoms with Gasteiger partial charge in [-0.05, 0) is 113 Å². The lowest BCUT2D eigenvalue weighted by Gasteiger charge is -2.28. The second-order valence-corrected chi connectivity index (χ2v) is 20.7. The van der Waals surface area contributed by atoms with E-state index in [2.05, 4.69) is 145 Å². The largest absolute Gasteiger partial charge is 0.507 e. The highest BCUT2D eigenvalue weighted by molar-refractivity contribution is 5.59. The standard InChI is InChI=1S/C52H68O4/c1-31(2)29-55-47-37-17-33-21-41(49(5,6)7)23-35(45(33)53)19-39-27-44(52(14,15)16)28-40(48(39)56-30-32(3)4)20-36-24-42(50(8,9)10)22-34(46(36)54)18-38(47)26-43(25-37)51(11,12)13/h21-28,53-54H,1,3,17-20,29-30H2,2,4-16H3. The van der Waals surface area contributed by atoms with E-state index in [1.54, 1.807) is 0 Å². The molecule has 0 aliphatic heterocycles. The van der Waals surface area contributed by atoms with Crippen molar-refractivity contribution in [3.05, 3.63) is 140 Å². The van der Waals surface area contributed by atoms with Crippen molar-refractivity contribution in [1.29, 1.82) is 0 Å². The quantitative estimate of drug-likeness (QED) is 0.169. The summed E-state index contributed by atoms with van der Waals surface area (Å²) in [7, 11) is 0. The highest BCUT2D eigenvalue weighted by Gasteiger charge is 2.28. The first-order chi connectivity index (χ1) is 25.7. The van der Waals surface area contributed by atoms with Crippen molar-refractivity contribution in [1.82, 2.24) is 0 Å². The van der Waals surface area contributed by atoms with Crippen LogP contribution >= 0.6 is 0 Å². The lowest BCUT2D eigenvalue weighted by atomic mass is 9.79. The predicted octanol–water partition coefficient (Wildman–Crippen LogP) is 12.9. The van der Waals surface area contributed by atoms with E-state index in [1.165, 1.54) is 11.1 Å². The first-order valence-corrected chi connectivity index (χ1v) is 20.3. The van der Waals surface area contributed by atoms with Gasteiger partial charge in [-0.3, -0.25) is 0 Å². The van der Waals surface area contributed by atoms with Crippen LogP contribution in [0, 0.1) is 0 Å². The maximum atomic E-state index is 12.4. The summed E-state index contributed by atoms with van der Waals surface area (Å²) in [6.45, 7) is 39.8. The van der Waals surface area contributed by atoms with Gasteiger partial charge in [0.25, 0.3) is 0 Å². The summed E-state index contributed by atoms with van der Waals surface area (Å²) >= 11 is 0. The summed E-state index contributed by atoms with van der Waals surface area (Å²) in [6.07, 6.45) is 1.88. The maximum absolute atomic E-state index is 12.4. The molecule has 1 aliphatic rings. The van der Waals surface area contributed by atoms with Crippen LogP contribution in [-0.4, -0.2) is 23.4 Å². The minimum absolute atomic E-state index is 0.161. The Hall–Kier alpha value is -4.44. The molecular weight excluding hydrogens is 689 g/mol. The summed E-state index contributed by atoms with van der Waals surface area (Å²) in [5.41, 5.74) is 13.3. The smallest absolute Gasteiger partial charge is 0.126 e. The van der Waals surface area contributed by atoms with Crippen LogP contribution in [0.25, 0.3) is 0 Å². The fraction of sp³-hybridized carbons (Fsp3) is 0.462. The van der Waals surface area contributed by atoms with Gasteiger partial charge in [0.2, 0.25) is 0 Å². The number of phenols is 2. The van der Waals surface area contributed by atoms with Crippen LogP contribution in [0.15, 0.2) is 72.8 Å². The molecule has 4 heteroatoms. The second kappa shape index (κ2) is 15.5. The fourth-order valence-electron chi connectivity index (χ4n) is 7.41. The molecule has 0 unspecified atom stereocenters. The Morgan fingerprint density at radius 3 is 0.804 bits per heavy atom. The Balaban J connectivity index is 1.96. The number of fused-ring (bicyclic) bond motifs is 8. The van der Waals surface area contributed by atoms with Crippen molar-refractivity contribution >= 4 is 0 Å². The molecule has 0 fully saturated rings. The number of benzene rings is 4. The average molecular weight is 757 g/mol. The predicted molar refractivity (Wildman–Crippen MR) is 236 cm³/mol. The van der Waals surface area contributed by atoms with E-state index in [-0.39, 0.29) is 21.7 Å². The summed E-state index contributed by atoms with van der Waals surface area (Å²) in [6, 6.07) is 17.7. The van der Waals surface area contributed by atoms with E-state index < -0.39 is 0 Å². The van der Waals surface area contributed by atoms with Crippen LogP contribution in [0.1, 0.15) is 164 Å². The summed E-state index contributed by atoms with van der Waals surface area (Å²) in [5, 5.41) is 24.8. The fourth-order valence-corrected chi connectivity index (χ4v) is 7.41. The summed E-state index contributed by atoms with van der Waals surface area (Å²) in [5.74, 6) is 2.16. The highest BCUT2D eigenvalue weighted by atomic mass is 16.5. The minimum Gasteiger partial charge on any atom is -0.507 e. The third-order valence-electron chi connectivity index (χ3n) is 10.9. The van der Waals surface area contributed by atoms with Gasteiger partial charge in [0, 0.05) is 25.7 Å². The number of hydrogen-bond acceptors (Lipinski definition) is 4. The summed E-state index contributed by atoms with van der Waals surface area (Å²) in [4.78, 5) is 0. The van der Waals surface area contributed by atoms with Gasteiger partial charge in [-0.1, -0.05) is 145 Å². The molecule has 5 rings (SSSR count). The molecule has 0 heterocycles. The van der Waals surface area contributed by atoms with Crippen LogP contribution in [-0.2, 0) is 47.3 Å². The Morgan fingerprint density at radius 1 is 0.429 bits per heavy atom. The SMILES string of the molecule is C=C(C)COc1c2cc(C(C)(C)C)cc1Cc1cc(C(C)(C)C)cc(c1O)Cc1cc(C(C)(C)C)cc(c1OCC(=C)C)Cc1cc(C(C)(C)C)cc(c1O)C2. The molecule has 1 aliphatic carbocycles. The molecule has 2 N–H and O–H groups in total. The second-order valence-electron chi connectivity index (χ2n) is 20.7. The van der Waals surface area contributed by atoms with Crippen LogP contribution in [0.4, 0.5) is 0 Å². The third kappa shape index (κ3) is 9.74. The van der Waals surface area contributed by atoms with Gasteiger partial charge in [0.1, 0.15) is 36.2 Å². The van der Waals surface area contributed by atoms with E-state index in [1.807, 2.05) is 13.8 Å². The third-order valence-corrected chi connectivity index (χ3v) is 10.9. The van der Waals surface area contributed by atoms with Gasteiger partial charge in [0.15, 0.2) is 0 Å². The molecule has 56 heavy (non-hydrogen) atoms. The lowest BCUT2D eigenvalue weighted by molar-refractivity contribution is 0.344. The molecule has 0 saturated heterocycles. The molecule has 0 radical (unpaired) electrons. The molecule has 0 spiro atoms. The Bertz CT molecular complexity index is 1900. The zero-order valence-corrected chi connectivity index (χ0v) is 37.0. The number of hydrogen-bond donors (Lipinski definition) is 2. The summed E-state index contributed by atoms with van der Waals surface area (Å²) < 4.78 is 13.4. The number of aromatic hydroxyl groups is 2. The minimum atomic E-state index is -0.168. The molecule has 4 aromatic carbocycles. The van der Waals surface area contributed by atoms with E-state index in [0.717, 1.165) is 78.3 Å². The van der Waals surface area contributed by atoms with Crippen LogP contribution in [0.2, 0.25) is 0 Å². The van der Waals surface area contributed by atoms with Gasteiger partial charge in [-0.2, -0.15) is 0 Å². The zero-order valence-electron chi connectivity index (χ0n) is 37.0.